The van der Waals surface area contributed by atoms with E-state index in [9.17, 15) is 43.2 Å². The van der Waals surface area contributed by atoms with E-state index in [4.69, 9.17) is 37.0 Å². The molecule has 0 aliphatic carbocycles. The Morgan fingerprint density at radius 1 is 0.333 bits per heavy atom. The third kappa shape index (κ3) is 56.9. The van der Waals surface area contributed by atoms with Crippen molar-refractivity contribution < 1.29 is 80.2 Å². The number of hydrogen-bond donors (Lipinski definition) is 3. The summed E-state index contributed by atoms with van der Waals surface area (Å²) in [6, 6.07) is 0. The van der Waals surface area contributed by atoms with Crippen molar-refractivity contribution in [2.75, 3.05) is 39.6 Å². The SMILES string of the molecule is CCCCCCCCCCCC(=O)OC[C@H](COP(=O)(O)OC[C@@H](O)COP(=O)(O)OC[C@@H](COC(=O)CCCCCCC)OC(=O)CCCCCCCCCCC)OC(=O)CCCCCCCCCCCCCCCCCC(C)C. The van der Waals surface area contributed by atoms with Gasteiger partial charge in [-0.1, -0.05) is 259 Å². The van der Waals surface area contributed by atoms with E-state index >= 15 is 0 Å². The Bertz CT molecular complexity index is 1580. The van der Waals surface area contributed by atoms with Gasteiger partial charge in [0.25, 0.3) is 0 Å². The van der Waals surface area contributed by atoms with Crippen molar-refractivity contribution in [1.82, 2.24) is 0 Å². The van der Waals surface area contributed by atoms with E-state index < -0.39 is 97.5 Å². The van der Waals surface area contributed by atoms with Gasteiger partial charge in [-0.3, -0.25) is 37.3 Å². The van der Waals surface area contributed by atoms with Gasteiger partial charge in [-0.25, -0.2) is 9.13 Å². The van der Waals surface area contributed by atoms with Crippen LogP contribution in [0.4, 0.5) is 0 Å². The lowest BCUT2D eigenvalue weighted by atomic mass is 10.0. The summed E-state index contributed by atoms with van der Waals surface area (Å²) in [4.78, 5) is 71.8. The fraction of sp³-hybridized carbons (Fsp3) is 0.935. The highest BCUT2D eigenvalue weighted by Gasteiger charge is 2.30. The first-order valence-electron chi connectivity index (χ1n) is 32.6. The van der Waals surface area contributed by atoms with E-state index in [0.717, 1.165) is 102 Å². The maximum atomic E-state index is 12.9. The summed E-state index contributed by atoms with van der Waals surface area (Å²) >= 11 is 0. The molecule has 17 nitrogen and oxygen atoms in total. The van der Waals surface area contributed by atoms with Gasteiger partial charge in [-0.05, 0) is 31.6 Å². The molecule has 0 aliphatic heterocycles. The van der Waals surface area contributed by atoms with E-state index in [1.807, 2.05) is 0 Å². The molecule has 0 radical (unpaired) electrons. The van der Waals surface area contributed by atoms with Gasteiger partial charge in [0.2, 0.25) is 0 Å². The van der Waals surface area contributed by atoms with Gasteiger partial charge in [0.1, 0.15) is 19.3 Å². The molecule has 2 unspecified atom stereocenters. The molecule has 0 saturated heterocycles. The van der Waals surface area contributed by atoms with E-state index in [1.165, 1.54) is 128 Å². The highest BCUT2D eigenvalue weighted by Crippen LogP contribution is 2.45. The number of esters is 4. The lowest BCUT2D eigenvalue weighted by Gasteiger charge is -2.21. The van der Waals surface area contributed by atoms with Crippen LogP contribution in [0, 0.1) is 5.92 Å². The fourth-order valence-corrected chi connectivity index (χ4v) is 10.8. The molecule has 0 heterocycles. The number of ether oxygens (including phenoxy) is 4. The summed E-state index contributed by atoms with van der Waals surface area (Å²) in [6.07, 6.45) is 39.4. The van der Waals surface area contributed by atoms with Gasteiger partial charge in [0, 0.05) is 25.7 Å². The molecule has 3 N–H and O–H groups in total. The topological polar surface area (TPSA) is 237 Å². The van der Waals surface area contributed by atoms with Crippen LogP contribution in [-0.2, 0) is 65.4 Å². The molecular formula is C62H120O17P2. The Kier molecular flexibility index (Phi) is 54.6. The zero-order chi connectivity index (χ0) is 59.9. The molecule has 480 valence electrons. The van der Waals surface area contributed by atoms with E-state index in [-0.39, 0.29) is 25.7 Å². The number of aliphatic hydroxyl groups is 1. The van der Waals surface area contributed by atoms with E-state index in [2.05, 4.69) is 34.6 Å². The predicted molar refractivity (Wildman–Crippen MR) is 322 cm³/mol. The molecule has 19 heteroatoms. The number of phosphoric ester groups is 2. The largest absolute Gasteiger partial charge is 0.472 e. The summed E-state index contributed by atoms with van der Waals surface area (Å²) in [5.41, 5.74) is 0. The van der Waals surface area contributed by atoms with Crippen LogP contribution >= 0.6 is 15.6 Å². The lowest BCUT2D eigenvalue weighted by Crippen LogP contribution is -2.30. The van der Waals surface area contributed by atoms with Gasteiger partial charge in [-0.2, -0.15) is 0 Å². The first-order chi connectivity index (χ1) is 39.0. The summed E-state index contributed by atoms with van der Waals surface area (Å²) in [7, 11) is -9.87. The maximum absolute atomic E-state index is 12.9. The van der Waals surface area contributed by atoms with E-state index in [0.29, 0.717) is 25.7 Å². The summed E-state index contributed by atoms with van der Waals surface area (Å²) < 4.78 is 67.6. The van der Waals surface area contributed by atoms with Crippen LogP contribution in [0.5, 0.6) is 0 Å². The average molecular weight is 1200 g/mol. The lowest BCUT2D eigenvalue weighted by molar-refractivity contribution is -0.161. The van der Waals surface area contributed by atoms with Gasteiger partial charge in [0.15, 0.2) is 12.2 Å². The Morgan fingerprint density at radius 3 is 0.840 bits per heavy atom. The number of rotatable bonds is 62. The van der Waals surface area contributed by atoms with Crippen LogP contribution in [0.3, 0.4) is 0 Å². The van der Waals surface area contributed by atoms with Crippen molar-refractivity contribution in [1.29, 1.82) is 0 Å². The van der Waals surface area contributed by atoms with E-state index in [1.54, 1.807) is 0 Å². The second kappa shape index (κ2) is 55.9. The van der Waals surface area contributed by atoms with Crippen molar-refractivity contribution in [2.45, 2.75) is 329 Å². The second-order valence-electron chi connectivity index (χ2n) is 22.9. The van der Waals surface area contributed by atoms with Gasteiger partial charge in [0.05, 0.1) is 26.4 Å². The van der Waals surface area contributed by atoms with Crippen molar-refractivity contribution >= 4 is 39.5 Å². The van der Waals surface area contributed by atoms with Gasteiger partial charge in [-0.15, -0.1) is 0 Å². The minimum atomic E-state index is -4.94. The standard InChI is InChI=1S/C62H120O17P2/c1-6-9-12-15-17-26-31-36-41-46-60(65)73-52-58(79-62(67)48-43-38-33-29-25-23-21-19-20-22-24-28-30-35-39-44-55(4)5)54-77-81(70,71)75-50-56(63)49-74-80(68,69)76-53-57(51-72-59(64)45-40-34-14-11-8-3)78-61(66)47-42-37-32-27-18-16-13-10-7-2/h55-58,63H,6-54H2,1-5H3,(H,68,69)(H,70,71)/t56-,57+,58+/m0/s1. The molecule has 0 aromatic rings. The molecule has 0 aliphatic rings. The molecule has 5 atom stereocenters. The number of carbonyl (C=O) groups is 4. The van der Waals surface area contributed by atoms with Crippen LogP contribution in [0.25, 0.3) is 0 Å². The highest BCUT2D eigenvalue weighted by atomic mass is 31.2. The zero-order valence-electron chi connectivity index (χ0n) is 51.9. The summed E-state index contributed by atoms with van der Waals surface area (Å²) in [5, 5.41) is 10.5. The molecule has 0 rings (SSSR count). The van der Waals surface area contributed by atoms with Crippen molar-refractivity contribution in [2.24, 2.45) is 5.92 Å². The number of hydrogen-bond acceptors (Lipinski definition) is 15. The first-order valence-corrected chi connectivity index (χ1v) is 35.6. The minimum Gasteiger partial charge on any atom is -0.462 e. The van der Waals surface area contributed by atoms with Crippen molar-refractivity contribution in [3.8, 4) is 0 Å². The molecule has 0 bridgehead atoms. The van der Waals surface area contributed by atoms with Crippen LogP contribution in [0.15, 0.2) is 0 Å². The monoisotopic (exact) mass is 1200 g/mol. The highest BCUT2D eigenvalue weighted by molar-refractivity contribution is 7.47. The molecule has 0 aromatic heterocycles. The Morgan fingerprint density at radius 2 is 0.568 bits per heavy atom. The first kappa shape index (κ1) is 79.1. The number of aliphatic hydroxyl groups excluding tert-OH is 1. The Hall–Kier alpha value is -1.94. The third-order valence-electron chi connectivity index (χ3n) is 14.3. The van der Waals surface area contributed by atoms with Crippen molar-refractivity contribution in [3.05, 3.63) is 0 Å². The van der Waals surface area contributed by atoms with Crippen LogP contribution in [0.2, 0.25) is 0 Å². The maximum Gasteiger partial charge on any atom is 0.472 e. The fourth-order valence-electron chi connectivity index (χ4n) is 9.23. The zero-order valence-corrected chi connectivity index (χ0v) is 53.7. The molecule has 0 spiro atoms. The summed E-state index contributed by atoms with van der Waals surface area (Å²) in [5.74, 6) is -1.35. The van der Waals surface area contributed by atoms with Gasteiger partial charge >= 0.3 is 39.5 Å². The number of phosphoric acid groups is 2. The average Bonchev–Trinajstić information content (AvgIpc) is 3.43. The molecule has 0 saturated carbocycles. The third-order valence-corrected chi connectivity index (χ3v) is 16.2. The number of unbranched alkanes of at least 4 members (excludes halogenated alkanes) is 34. The smallest absolute Gasteiger partial charge is 0.462 e. The molecule has 0 amide bonds. The van der Waals surface area contributed by atoms with Crippen molar-refractivity contribution in [3.63, 3.8) is 0 Å². The number of carbonyl (C=O) groups excluding carboxylic acids is 4. The van der Waals surface area contributed by atoms with Crippen LogP contribution in [-0.4, -0.2) is 96.7 Å². The minimum absolute atomic E-state index is 0.105. The predicted octanol–water partition coefficient (Wildman–Crippen LogP) is 17.0. The Labute approximate surface area is 492 Å². The second-order valence-corrected chi connectivity index (χ2v) is 25.8. The molecule has 81 heavy (non-hydrogen) atoms. The Balaban J connectivity index is 5.10. The van der Waals surface area contributed by atoms with Gasteiger partial charge < -0.3 is 33.8 Å². The molecular weight excluding hydrogens is 1080 g/mol. The molecule has 0 aromatic carbocycles. The summed E-state index contributed by atoms with van der Waals surface area (Å²) in [6.45, 7) is 7.09. The quantitative estimate of drug-likeness (QED) is 0.0222. The van der Waals surface area contributed by atoms with Crippen LogP contribution < -0.4 is 0 Å². The normalized spacial score (nSPS) is 14.3. The van der Waals surface area contributed by atoms with Crippen LogP contribution in [0.1, 0.15) is 311 Å². The molecule has 0 fully saturated rings.